The number of esters is 1. The number of hydrogen-bond acceptors (Lipinski definition) is 5. The van der Waals surface area contributed by atoms with Gasteiger partial charge in [0.2, 0.25) is 5.91 Å². The molecule has 2 unspecified atom stereocenters. The van der Waals surface area contributed by atoms with Crippen LogP contribution < -0.4 is 0 Å². The lowest BCUT2D eigenvalue weighted by Crippen LogP contribution is -2.53. The van der Waals surface area contributed by atoms with Gasteiger partial charge < -0.3 is 9.64 Å². The predicted molar refractivity (Wildman–Crippen MR) is 93.3 cm³/mol. The second-order valence-electron chi connectivity index (χ2n) is 5.82. The van der Waals surface area contributed by atoms with Crippen LogP contribution in [0.5, 0.6) is 0 Å². The summed E-state index contributed by atoms with van der Waals surface area (Å²) in [6, 6.07) is 9.37. The van der Waals surface area contributed by atoms with Gasteiger partial charge in [-0.2, -0.15) is 0 Å². The average Bonchev–Trinajstić information content (AvgIpc) is 2.60. The van der Waals surface area contributed by atoms with Gasteiger partial charge in [-0.1, -0.05) is 43.7 Å². The third kappa shape index (κ3) is 4.60. The van der Waals surface area contributed by atoms with Gasteiger partial charge in [-0.25, -0.2) is 0 Å². The molecule has 5 nitrogen and oxygen atoms in total. The molecular weight excluding hydrogens is 326 g/mol. The maximum absolute atomic E-state index is 12.5. The second kappa shape index (κ2) is 8.87. The first kappa shape index (κ1) is 18.5. The Balaban J connectivity index is 1.93. The highest BCUT2D eigenvalue weighted by Gasteiger charge is 2.39. The molecule has 24 heavy (non-hydrogen) atoms. The molecule has 1 heterocycles. The molecule has 0 saturated carbocycles. The highest BCUT2D eigenvalue weighted by Crippen LogP contribution is 2.28. The van der Waals surface area contributed by atoms with Crippen molar-refractivity contribution in [3.8, 4) is 0 Å². The zero-order chi connectivity index (χ0) is 17.5. The Kier molecular flexibility index (Phi) is 6.85. The molecule has 0 spiro atoms. The van der Waals surface area contributed by atoms with E-state index < -0.39 is 11.9 Å². The molecule has 6 heteroatoms. The molecule has 0 aromatic heterocycles. The quantitative estimate of drug-likeness (QED) is 0.390. The standard InChI is InChI=1S/C18H23NO4S/c1-3-7-14(15(20)11-19-16(21)10-17(19)24-2)18(22)23-12-13-8-5-4-6-9-13/h4-6,8-9,14,17H,3,7,10-12H2,1-2H3. The van der Waals surface area contributed by atoms with Crippen LogP contribution >= 0.6 is 11.8 Å². The lowest BCUT2D eigenvalue weighted by molar-refractivity contribution is -0.156. The number of thioether (sulfide) groups is 1. The van der Waals surface area contributed by atoms with Crippen molar-refractivity contribution in [1.82, 2.24) is 4.90 Å². The van der Waals surface area contributed by atoms with Gasteiger partial charge in [0.1, 0.15) is 12.5 Å². The Bertz CT molecular complexity index is 590. The van der Waals surface area contributed by atoms with E-state index in [1.807, 2.05) is 43.5 Å². The van der Waals surface area contributed by atoms with E-state index in [2.05, 4.69) is 0 Å². The van der Waals surface area contributed by atoms with Crippen molar-refractivity contribution in [3.63, 3.8) is 0 Å². The van der Waals surface area contributed by atoms with E-state index in [0.717, 1.165) is 5.56 Å². The highest BCUT2D eigenvalue weighted by molar-refractivity contribution is 7.99. The summed E-state index contributed by atoms with van der Waals surface area (Å²) >= 11 is 1.54. The molecule has 130 valence electrons. The van der Waals surface area contributed by atoms with Crippen molar-refractivity contribution in [3.05, 3.63) is 35.9 Å². The summed E-state index contributed by atoms with van der Waals surface area (Å²) in [6.07, 6.45) is 3.52. The summed E-state index contributed by atoms with van der Waals surface area (Å²) in [6.45, 7) is 2.07. The number of benzene rings is 1. The van der Waals surface area contributed by atoms with Gasteiger partial charge >= 0.3 is 5.97 Å². The maximum atomic E-state index is 12.5. The minimum Gasteiger partial charge on any atom is -0.460 e. The van der Waals surface area contributed by atoms with Crippen LogP contribution in [0.4, 0.5) is 0 Å². The number of nitrogens with zero attached hydrogens (tertiary/aromatic N) is 1. The zero-order valence-electron chi connectivity index (χ0n) is 14.1. The van der Waals surface area contributed by atoms with Gasteiger partial charge in [-0.15, -0.1) is 11.8 Å². The molecule has 1 fully saturated rings. The lowest BCUT2D eigenvalue weighted by atomic mass is 9.97. The predicted octanol–water partition coefficient (Wildman–Crippen LogP) is 2.64. The number of carbonyl (C=O) groups is 3. The monoisotopic (exact) mass is 349 g/mol. The van der Waals surface area contributed by atoms with Crippen molar-refractivity contribution < 1.29 is 19.1 Å². The van der Waals surface area contributed by atoms with Crippen molar-refractivity contribution in [2.24, 2.45) is 5.92 Å². The van der Waals surface area contributed by atoms with Crippen molar-refractivity contribution >= 4 is 29.4 Å². The molecule has 1 amide bonds. The Labute approximate surface area is 146 Å². The van der Waals surface area contributed by atoms with E-state index in [-0.39, 0.29) is 30.2 Å². The molecule has 2 atom stereocenters. The van der Waals surface area contributed by atoms with Crippen LogP contribution in [-0.2, 0) is 25.7 Å². The number of amides is 1. The van der Waals surface area contributed by atoms with Gasteiger partial charge in [0.05, 0.1) is 18.3 Å². The van der Waals surface area contributed by atoms with Crippen LogP contribution in [0.3, 0.4) is 0 Å². The molecule has 0 N–H and O–H groups in total. The number of ketones is 1. The summed E-state index contributed by atoms with van der Waals surface area (Å²) < 4.78 is 5.31. The Hall–Kier alpha value is -1.82. The van der Waals surface area contributed by atoms with Crippen LogP contribution in [0, 0.1) is 5.92 Å². The molecule has 1 aromatic rings. The van der Waals surface area contributed by atoms with E-state index in [0.29, 0.717) is 19.3 Å². The van der Waals surface area contributed by atoms with Gasteiger partial charge in [0.25, 0.3) is 0 Å². The third-order valence-corrected chi connectivity index (χ3v) is 5.06. The molecule has 1 saturated heterocycles. The first-order valence-corrected chi connectivity index (χ1v) is 9.41. The van der Waals surface area contributed by atoms with Gasteiger partial charge in [-0.05, 0) is 18.2 Å². The van der Waals surface area contributed by atoms with Crippen LogP contribution in [-0.4, -0.2) is 40.7 Å². The van der Waals surface area contributed by atoms with E-state index in [4.69, 9.17) is 4.74 Å². The molecule has 0 radical (unpaired) electrons. The van der Waals surface area contributed by atoms with E-state index in [9.17, 15) is 14.4 Å². The number of carbonyl (C=O) groups excluding carboxylic acids is 3. The second-order valence-corrected chi connectivity index (χ2v) is 6.83. The molecule has 0 aliphatic carbocycles. The van der Waals surface area contributed by atoms with E-state index in [1.54, 1.807) is 16.7 Å². The van der Waals surface area contributed by atoms with E-state index >= 15 is 0 Å². The Morgan fingerprint density at radius 2 is 2.04 bits per heavy atom. The Morgan fingerprint density at radius 1 is 1.33 bits per heavy atom. The fourth-order valence-corrected chi connectivity index (χ4v) is 3.39. The maximum Gasteiger partial charge on any atom is 0.316 e. The van der Waals surface area contributed by atoms with Gasteiger partial charge in [0.15, 0.2) is 5.78 Å². The largest absolute Gasteiger partial charge is 0.460 e. The third-order valence-electron chi connectivity index (χ3n) is 4.09. The smallest absolute Gasteiger partial charge is 0.316 e. The van der Waals surface area contributed by atoms with Crippen LogP contribution in [0.1, 0.15) is 31.7 Å². The summed E-state index contributed by atoms with van der Waals surface area (Å²) in [7, 11) is 0. The van der Waals surface area contributed by atoms with Crippen LogP contribution in [0.2, 0.25) is 0 Å². The fourth-order valence-electron chi connectivity index (χ4n) is 2.63. The molecule has 1 aromatic carbocycles. The number of β-lactam (4-membered cyclic amide) rings is 1. The van der Waals surface area contributed by atoms with Gasteiger partial charge in [-0.3, -0.25) is 14.4 Å². The summed E-state index contributed by atoms with van der Waals surface area (Å²) in [5.41, 5.74) is 0.883. The topological polar surface area (TPSA) is 63.7 Å². The first-order valence-electron chi connectivity index (χ1n) is 8.12. The molecule has 2 rings (SSSR count). The number of ether oxygens (including phenoxy) is 1. The first-order chi connectivity index (χ1) is 11.6. The molecule has 1 aliphatic rings. The average molecular weight is 349 g/mol. The zero-order valence-corrected chi connectivity index (χ0v) is 14.9. The highest BCUT2D eigenvalue weighted by atomic mass is 32.2. The Morgan fingerprint density at radius 3 is 2.62 bits per heavy atom. The van der Waals surface area contributed by atoms with Crippen molar-refractivity contribution in [2.75, 3.05) is 12.8 Å². The molecular formula is C18H23NO4S. The minimum absolute atomic E-state index is 0.00452. The SMILES string of the molecule is CCCC(C(=O)CN1C(=O)CC1SC)C(=O)OCc1ccccc1. The van der Waals surface area contributed by atoms with Crippen LogP contribution in [0.25, 0.3) is 0 Å². The minimum atomic E-state index is -0.797. The number of hydrogen-bond donors (Lipinski definition) is 0. The molecule has 0 bridgehead atoms. The fraction of sp³-hybridized carbons (Fsp3) is 0.500. The summed E-state index contributed by atoms with van der Waals surface area (Å²) in [4.78, 5) is 38.0. The van der Waals surface area contributed by atoms with Crippen LogP contribution in [0.15, 0.2) is 30.3 Å². The van der Waals surface area contributed by atoms with Gasteiger partial charge in [0, 0.05) is 0 Å². The number of Topliss-reactive ketones (excluding diaryl/α,β-unsaturated/α-hetero) is 1. The molecule has 1 aliphatic heterocycles. The summed E-state index contributed by atoms with van der Waals surface area (Å²) in [5, 5.41) is 0.0454. The lowest BCUT2D eigenvalue weighted by Gasteiger charge is -2.39. The van der Waals surface area contributed by atoms with Crippen molar-refractivity contribution in [2.45, 2.75) is 38.2 Å². The summed E-state index contributed by atoms with van der Waals surface area (Å²) in [5.74, 6) is -1.56. The normalized spacial score (nSPS) is 18.0. The van der Waals surface area contributed by atoms with Crippen molar-refractivity contribution in [1.29, 1.82) is 0 Å². The number of likely N-dealkylation sites (tertiary alicyclic amines) is 1. The van der Waals surface area contributed by atoms with E-state index in [1.165, 1.54) is 0 Å². The number of rotatable bonds is 9.